The molecule has 0 spiro atoms. The van der Waals surface area contributed by atoms with E-state index in [1.165, 1.54) is 0 Å². The first kappa shape index (κ1) is 6.40. The van der Waals surface area contributed by atoms with Crippen molar-refractivity contribution in [2.75, 3.05) is 0 Å². The molecular weight excluding hydrogens is 137 g/mol. The molecule has 0 N–H and O–H groups in total. The van der Waals surface area contributed by atoms with Crippen molar-refractivity contribution in [3.63, 3.8) is 0 Å². The van der Waals surface area contributed by atoms with Crippen LogP contribution in [-0.2, 0) is 6.44 Å². The average molecular weight is 145 g/mol. The highest BCUT2D eigenvalue weighted by molar-refractivity contribution is 6.06. The Bertz CT molecular complexity index is 368. The summed E-state index contributed by atoms with van der Waals surface area (Å²) in [5, 5.41) is 7.98. The first-order chi connectivity index (χ1) is 5.42. The predicted octanol–water partition coefficient (Wildman–Crippen LogP) is 0.0219. The van der Waals surface area contributed by atoms with Gasteiger partial charge in [0.1, 0.15) is 13.4 Å². The number of rotatable bonds is 1. The van der Waals surface area contributed by atoms with Gasteiger partial charge < -0.3 is 0 Å². The Balaban J connectivity index is 2.76. The predicted molar refractivity (Wildman–Crippen MR) is 46.1 cm³/mol. The lowest BCUT2D eigenvalue weighted by Crippen LogP contribution is -1.98. The highest BCUT2D eigenvalue weighted by atomic mass is 15.4. The fourth-order valence-electron chi connectivity index (χ4n) is 1.15. The zero-order valence-corrected chi connectivity index (χ0v) is 6.36. The molecule has 54 valence electrons. The molecule has 2 rings (SSSR count). The van der Waals surface area contributed by atoms with Gasteiger partial charge in [0.25, 0.3) is 0 Å². The molecule has 0 aliphatic heterocycles. The Hall–Kier alpha value is -1.32. The monoisotopic (exact) mass is 145 g/mol. The maximum Gasteiger partial charge on any atom is 0.129 e. The summed E-state index contributed by atoms with van der Waals surface area (Å²) in [6.45, 7) is 0. The minimum Gasteiger partial charge on any atom is -0.253 e. The van der Waals surface area contributed by atoms with Crippen LogP contribution in [0.1, 0.15) is 0 Å². The SMILES string of the molecule is BCn1nnc2ccccc21. The van der Waals surface area contributed by atoms with Crippen LogP contribution in [0.2, 0.25) is 0 Å². The molecule has 0 fully saturated rings. The summed E-state index contributed by atoms with van der Waals surface area (Å²) in [6.07, 6.45) is 0.876. The number of hydrogen-bond donors (Lipinski definition) is 0. The van der Waals surface area contributed by atoms with Crippen molar-refractivity contribution in [2.24, 2.45) is 0 Å². The number of nitrogens with zero attached hydrogens (tertiary/aromatic N) is 3. The topological polar surface area (TPSA) is 30.7 Å². The summed E-state index contributed by atoms with van der Waals surface area (Å²) in [4.78, 5) is 0. The van der Waals surface area contributed by atoms with Gasteiger partial charge in [0.05, 0.1) is 5.52 Å². The van der Waals surface area contributed by atoms with Gasteiger partial charge in [-0.05, 0) is 12.1 Å². The van der Waals surface area contributed by atoms with Crippen molar-refractivity contribution >= 4 is 18.9 Å². The van der Waals surface area contributed by atoms with E-state index in [9.17, 15) is 0 Å². The second kappa shape index (κ2) is 2.38. The van der Waals surface area contributed by atoms with Gasteiger partial charge in [-0.1, -0.05) is 17.3 Å². The van der Waals surface area contributed by atoms with Crippen molar-refractivity contribution in [3.05, 3.63) is 24.3 Å². The Labute approximate surface area is 65.4 Å². The summed E-state index contributed by atoms with van der Waals surface area (Å²) in [5.41, 5.74) is 2.07. The molecule has 0 bridgehead atoms. The van der Waals surface area contributed by atoms with Crippen molar-refractivity contribution < 1.29 is 0 Å². The van der Waals surface area contributed by atoms with Crippen LogP contribution in [0, 0.1) is 0 Å². The number of hydrogen-bond acceptors (Lipinski definition) is 2. The van der Waals surface area contributed by atoms with E-state index in [-0.39, 0.29) is 0 Å². The average Bonchev–Trinajstić information content (AvgIpc) is 2.47. The lowest BCUT2D eigenvalue weighted by Gasteiger charge is -1.93. The van der Waals surface area contributed by atoms with Gasteiger partial charge in [-0.2, -0.15) is 0 Å². The van der Waals surface area contributed by atoms with Crippen LogP contribution in [0.3, 0.4) is 0 Å². The summed E-state index contributed by atoms with van der Waals surface area (Å²) < 4.78 is 1.88. The standard InChI is InChI=1S/C7H8BN3/c8-5-11-7-4-2-1-3-6(7)9-10-11/h1-4H,5,8H2. The molecule has 0 atom stereocenters. The summed E-state index contributed by atoms with van der Waals surface area (Å²) in [7, 11) is 2.06. The Morgan fingerprint density at radius 1 is 1.36 bits per heavy atom. The molecule has 0 aliphatic carbocycles. The number of aromatic nitrogens is 3. The molecular formula is C7H8BN3. The maximum absolute atomic E-state index is 4.00. The molecule has 1 aromatic carbocycles. The normalized spacial score (nSPS) is 10.5. The number of para-hydroxylation sites is 1. The van der Waals surface area contributed by atoms with Crippen LogP contribution < -0.4 is 0 Å². The van der Waals surface area contributed by atoms with E-state index in [4.69, 9.17) is 0 Å². The largest absolute Gasteiger partial charge is 0.253 e. The van der Waals surface area contributed by atoms with Gasteiger partial charge >= 0.3 is 0 Å². The van der Waals surface area contributed by atoms with Crippen LogP contribution in [0.25, 0.3) is 11.0 Å². The molecule has 0 amide bonds. The Morgan fingerprint density at radius 3 is 3.00 bits per heavy atom. The maximum atomic E-state index is 4.00. The lowest BCUT2D eigenvalue weighted by molar-refractivity contribution is 0.717. The minimum absolute atomic E-state index is 0.876. The van der Waals surface area contributed by atoms with E-state index in [0.717, 1.165) is 17.5 Å². The van der Waals surface area contributed by atoms with E-state index in [0.29, 0.717) is 0 Å². The fraction of sp³-hybridized carbons (Fsp3) is 0.143. The van der Waals surface area contributed by atoms with Crippen LogP contribution in [0.4, 0.5) is 0 Å². The van der Waals surface area contributed by atoms with Crippen molar-refractivity contribution in [2.45, 2.75) is 6.44 Å². The first-order valence-electron chi connectivity index (χ1n) is 3.70. The van der Waals surface area contributed by atoms with E-state index < -0.39 is 0 Å². The van der Waals surface area contributed by atoms with E-state index >= 15 is 0 Å². The molecule has 11 heavy (non-hydrogen) atoms. The molecule has 2 aromatic rings. The fourth-order valence-corrected chi connectivity index (χ4v) is 1.15. The zero-order chi connectivity index (χ0) is 7.68. The minimum atomic E-state index is 0.876. The molecule has 0 saturated heterocycles. The molecule has 1 heterocycles. The van der Waals surface area contributed by atoms with Crippen LogP contribution >= 0.6 is 0 Å². The zero-order valence-electron chi connectivity index (χ0n) is 6.36. The third-order valence-electron chi connectivity index (χ3n) is 1.72. The van der Waals surface area contributed by atoms with Crippen molar-refractivity contribution in [1.82, 2.24) is 15.0 Å². The smallest absolute Gasteiger partial charge is 0.129 e. The molecule has 0 unspecified atom stereocenters. The molecule has 0 saturated carbocycles. The van der Waals surface area contributed by atoms with Gasteiger partial charge in [-0.25, -0.2) is 0 Å². The van der Waals surface area contributed by atoms with Crippen molar-refractivity contribution in [3.8, 4) is 0 Å². The first-order valence-corrected chi connectivity index (χ1v) is 3.70. The van der Waals surface area contributed by atoms with Gasteiger partial charge in [0.2, 0.25) is 0 Å². The van der Waals surface area contributed by atoms with E-state index in [2.05, 4.69) is 18.2 Å². The Kier molecular flexibility index (Phi) is 1.38. The summed E-state index contributed by atoms with van der Waals surface area (Å²) >= 11 is 0. The highest BCUT2D eigenvalue weighted by Crippen LogP contribution is 2.08. The Morgan fingerprint density at radius 2 is 2.18 bits per heavy atom. The second-order valence-corrected chi connectivity index (χ2v) is 2.39. The van der Waals surface area contributed by atoms with E-state index in [1.54, 1.807) is 0 Å². The third kappa shape index (κ3) is 0.907. The molecule has 0 aliphatic rings. The lowest BCUT2D eigenvalue weighted by atomic mass is 10.1. The molecule has 1 aromatic heterocycles. The van der Waals surface area contributed by atoms with Crippen molar-refractivity contribution in [1.29, 1.82) is 0 Å². The number of fused-ring (bicyclic) bond motifs is 1. The van der Waals surface area contributed by atoms with Gasteiger partial charge in [-0.15, -0.1) is 5.10 Å². The summed E-state index contributed by atoms with van der Waals surface area (Å²) in [5.74, 6) is 0. The quantitative estimate of drug-likeness (QED) is 0.529. The molecule has 4 heteroatoms. The van der Waals surface area contributed by atoms with Gasteiger partial charge in [-0.3, -0.25) is 4.68 Å². The number of benzene rings is 1. The third-order valence-corrected chi connectivity index (χ3v) is 1.72. The highest BCUT2D eigenvalue weighted by Gasteiger charge is 1.98. The van der Waals surface area contributed by atoms with Crippen LogP contribution in [0.15, 0.2) is 24.3 Å². The van der Waals surface area contributed by atoms with Crippen LogP contribution in [-0.4, -0.2) is 22.8 Å². The molecule has 0 radical (unpaired) electrons. The second-order valence-electron chi connectivity index (χ2n) is 2.39. The van der Waals surface area contributed by atoms with E-state index in [1.807, 2.05) is 28.9 Å². The molecule has 3 nitrogen and oxygen atoms in total. The summed E-state index contributed by atoms with van der Waals surface area (Å²) in [6, 6.07) is 7.96. The van der Waals surface area contributed by atoms with Crippen LogP contribution in [0.5, 0.6) is 0 Å². The van der Waals surface area contributed by atoms with Gasteiger partial charge in [0, 0.05) is 6.44 Å². The van der Waals surface area contributed by atoms with Gasteiger partial charge in [0.15, 0.2) is 0 Å².